The maximum Gasteiger partial charge on any atom is 0.434 e. The molecule has 0 aliphatic carbocycles. The lowest BCUT2D eigenvalue weighted by Crippen LogP contribution is -2.21. The van der Waals surface area contributed by atoms with E-state index in [4.69, 9.17) is 4.74 Å². The van der Waals surface area contributed by atoms with Gasteiger partial charge in [0.25, 0.3) is 5.91 Å². The van der Waals surface area contributed by atoms with Gasteiger partial charge in [-0.2, -0.15) is 18.3 Å². The van der Waals surface area contributed by atoms with Gasteiger partial charge in [-0.3, -0.25) is 14.3 Å². The third-order valence-electron chi connectivity index (χ3n) is 5.71. The van der Waals surface area contributed by atoms with Crippen molar-refractivity contribution in [3.63, 3.8) is 0 Å². The predicted octanol–water partition coefficient (Wildman–Crippen LogP) is 5.23. The van der Waals surface area contributed by atoms with Crippen molar-refractivity contribution in [2.24, 2.45) is 0 Å². The van der Waals surface area contributed by atoms with Gasteiger partial charge in [0.15, 0.2) is 34.5 Å². The Balaban J connectivity index is 1.42. The number of carbonyl (C=O) groups is 1. The molecule has 4 heterocycles. The molecule has 2 N–H and O–H groups in total. The zero-order valence-electron chi connectivity index (χ0n) is 20.6. The first kappa shape index (κ1) is 26.5. The number of nitrogens with zero attached hydrogens (tertiary/aromatic N) is 5. The Morgan fingerprint density at radius 1 is 1.05 bits per heavy atom. The van der Waals surface area contributed by atoms with E-state index in [-0.39, 0.29) is 34.7 Å². The average Bonchev–Trinajstić information content (AvgIpc) is 3.48. The van der Waals surface area contributed by atoms with Gasteiger partial charge in [0, 0.05) is 30.1 Å². The van der Waals surface area contributed by atoms with Gasteiger partial charge < -0.3 is 10.1 Å². The summed E-state index contributed by atoms with van der Waals surface area (Å²) in [5, 5.41) is 5.80. The molecule has 5 rings (SSSR count). The lowest BCUT2D eigenvalue weighted by molar-refractivity contribution is -0.143. The van der Waals surface area contributed by atoms with Crippen LogP contribution in [0.15, 0.2) is 59.8 Å². The van der Waals surface area contributed by atoms with Crippen LogP contribution in [0.1, 0.15) is 35.9 Å². The van der Waals surface area contributed by atoms with Gasteiger partial charge in [0.2, 0.25) is 0 Å². The van der Waals surface area contributed by atoms with Gasteiger partial charge in [0.1, 0.15) is 11.3 Å². The number of pyridine rings is 2. The lowest BCUT2D eigenvalue weighted by atomic mass is 10.2. The largest absolute Gasteiger partial charge is 0.452 e. The van der Waals surface area contributed by atoms with Crippen molar-refractivity contribution >= 4 is 22.8 Å². The number of H-pyrrole nitrogens is 1. The maximum absolute atomic E-state index is 15.0. The van der Waals surface area contributed by atoms with E-state index >= 15 is 0 Å². The molecular weight excluding hydrogens is 541 g/mol. The van der Waals surface area contributed by atoms with Gasteiger partial charge in [0.05, 0.1) is 18.0 Å². The molecule has 1 amide bonds. The van der Waals surface area contributed by atoms with Crippen LogP contribution in [-0.4, -0.2) is 35.2 Å². The summed E-state index contributed by atoms with van der Waals surface area (Å²) < 4.78 is 77.2. The van der Waals surface area contributed by atoms with E-state index in [0.717, 1.165) is 24.3 Å². The van der Waals surface area contributed by atoms with Crippen molar-refractivity contribution in [1.29, 1.82) is 0 Å². The number of amides is 1. The van der Waals surface area contributed by atoms with Gasteiger partial charge in [-0.25, -0.2) is 28.2 Å². The number of aromatic nitrogens is 6. The molecule has 0 bridgehead atoms. The van der Waals surface area contributed by atoms with Crippen LogP contribution in [0, 0.1) is 11.6 Å². The second-order valence-corrected chi connectivity index (χ2v) is 8.75. The quantitative estimate of drug-likeness (QED) is 0.275. The molecule has 0 unspecified atom stereocenters. The van der Waals surface area contributed by atoms with Crippen LogP contribution in [0.3, 0.4) is 0 Å². The van der Waals surface area contributed by atoms with Gasteiger partial charge in [-0.05, 0) is 38.1 Å². The Hall–Kier alpha value is -5.08. The van der Waals surface area contributed by atoms with Crippen LogP contribution in [0.5, 0.6) is 11.5 Å². The minimum absolute atomic E-state index is 0.129. The summed E-state index contributed by atoms with van der Waals surface area (Å²) in [6, 6.07) is 6.29. The Labute approximate surface area is 221 Å². The highest BCUT2D eigenvalue weighted by Gasteiger charge is 2.41. The molecule has 5 aromatic rings. The molecule has 0 radical (unpaired) electrons. The number of hydrogen-bond donors (Lipinski definition) is 2. The van der Waals surface area contributed by atoms with Crippen molar-refractivity contribution in [1.82, 2.24) is 29.3 Å². The van der Waals surface area contributed by atoms with Crippen LogP contribution in [0.25, 0.3) is 17.0 Å². The molecule has 1 aromatic carbocycles. The number of imidazole rings is 1. The van der Waals surface area contributed by atoms with Gasteiger partial charge in [-0.1, -0.05) is 0 Å². The Morgan fingerprint density at radius 2 is 1.82 bits per heavy atom. The predicted molar refractivity (Wildman–Crippen MR) is 131 cm³/mol. The van der Waals surface area contributed by atoms with Crippen LogP contribution >= 0.6 is 0 Å². The van der Waals surface area contributed by atoms with Crippen molar-refractivity contribution < 1.29 is 31.5 Å². The molecule has 0 fully saturated rings. The third kappa shape index (κ3) is 4.88. The number of anilines is 1. The highest BCUT2D eigenvalue weighted by Crippen LogP contribution is 2.35. The number of fused-ring (bicyclic) bond motifs is 1. The molecule has 40 heavy (non-hydrogen) atoms. The van der Waals surface area contributed by atoms with Crippen molar-refractivity contribution in [3.8, 4) is 17.3 Å². The van der Waals surface area contributed by atoms with Crippen LogP contribution in [0.2, 0.25) is 0 Å². The summed E-state index contributed by atoms with van der Waals surface area (Å²) in [6.07, 6.45) is -2.28. The number of benzene rings is 1. The smallest absolute Gasteiger partial charge is 0.434 e. The van der Waals surface area contributed by atoms with Gasteiger partial charge in [-0.15, -0.1) is 0 Å². The zero-order chi connectivity index (χ0) is 28.8. The topological polar surface area (TPSA) is 120 Å². The number of nitrogens with one attached hydrogen (secondary N) is 2. The molecule has 4 aromatic heterocycles. The van der Waals surface area contributed by atoms with Crippen LogP contribution in [-0.2, 0) is 6.18 Å². The minimum Gasteiger partial charge on any atom is -0.452 e. The number of carbonyl (C=O) groups excluding carboxylic acids is 1. The molecule has 10 nitrogen and oxygen atoms in total. The highest BCUT2D eigenvalue weighted by molar-refractivity contribution is 6.05. The highest BCUT2D eigenvalue weighted by atomic mass is 19.4. The van der Waals surface area contributed by atoms with E-state index in [1.54, 1.807) is 13.8 Å². The second kappa shape index (κ2) is 9.91. The van der Waals surface area contributed by atoms with Crippen molar-refractivity contribution in [2.75, 3.05) is 5.32 Å². The first-order valence-electron chi connectivity index (χ1n) is 11.6. The van der Waals surface area contributed by atoms with Crippen molar-refractivity contribution in [2.45, 2.75) is 26.1 Å². The molecule has 0 atom stereocenters. The van der Waals surface area contributed by atoms with Crippen molar-refractivity contribution in [3.05, 3.63) is 88.4 Å². The first-order valence-corrected chi connectivity index (χ1v) is 11.6. The summed E-state index contributed by atoms with van der Waals surface area (Å²) >= 11 is 0. The first-order chi connectivity index (χ1) is 18.9. The summed E-state index contributed by atoms with van der Waals surface area (Å²) in [7, 11) is 0. The Kier molecular flexibility index (Phi) is 6.57. The zero-order valence-corrected chi connectivity index (χ0v) is 20.6. The number of halogens is 5. The average molecular weight is 559 g/mol. The monoisotopic (exact) mass is 559 g/mol. The molecule has 0 aliphatic heterocycles. The molecule has 15 heteroatoms. The third-order valence-corrected chi connectivity index (χ3v) is 5.71. The number of rotatable bonds is 6. The number of hydrogen-bond acceptors (Lipinski definition) is 6. The maximum atomic E-state index is 15.0. The van der Waals surface area contributed by atoms with E-state index in [2.05, 4.69) is 25.4 Å². The van der Waals surface area contributed by atoms with E-state index in [1.807, 2.05) is 0 Å². The molecule has 0 saturated carbocycles. The summed E-state index contributed by atoms with van der Waals surface area (Å²) in [5.74, 6) is -3.45. The molecule has 0 spiro atoms. The SMILES string of the molecule is CC(C)n1c(=O)[nH]c2nccc(Oc3ccc(NC(=O)c4cnn(-c5ccc(F)cn5)c4C(F)(F)F)cc3F)c21. The number of aromatic amines is 1. The summed E-state index contributed by atoms with van der Waals surface area (Å²) in [5.41, 5.74) is -2.37. The molecule has 206 valence electrons. The molecule has 0 aliphatic rings. The van der Waals surface area contributed by atoms with Crippen LogP contribution < -0.4 is 15.7 Å². The summed E-state index contributed by atoms with van der Waals surface area (Å²) in [4.78, 5) is 35.3. The lowest BCUT2D eigenvalue weighted by Gasteiger charge is -2.13. The number of ether oxygens (including phenoxy) is 1. The van der Waals surface area contributed by atoms with Gasteiger partial charge >= 0.3 is 11.9 Å². The normalized spacial score (nSPS) is 11.8. The fourth-order valence-corrected chi connectivity index (χ4v) is 4.03. The van der Waals surface area contributed by atoms with E-state index in [1.165, 1.54) is 22.9 Å². The van der Waals surface area contributed by atoms with E-state index in [9.17, 15) is 31.5 Å². The number of alkyl halides is 3. The van der Waals surface area contributed by atoms with Crippen LogP contribution in [0.4, 0.5) is 27.6 Å². The van der Waals surface area contributed by atoms with E-state index < -0.39 is 40.7 Å². The Bertz CT molecular complexity index is 1790. The Morgan fingerprint density at radius 3 is 2.48 bits per heavy atom. The van der Waals surface area contributed by atoms with E-state index in [0.29, 0.717) is 22.6 Å². The summed E-state index contributed by atoms with van der Waals surface area (Å²) in [6.45, 7) is 3.54. The fourth-order valence-electron chi connectivity index (χ4n) is 4.03. The molecular formula is C25H18F5N7O3. The standard InChI is InChI=1S/C25H18F5N7O3/c1-12(2)36-20-18(7-8-31-22(20)35-24(36)39)40-17-5-4-14(9-16(17)27)34-23(38)15-11-33-37(21(15)25(28,29)30)19-6-3-13(26)10-32-19/h3-12H,1-2H3,(H,34,38)(H,31,35,39). The minimum atomic E-state index is -5.03. The second-order valence-electron chi connectivity index (χ2n) is 8.75. The molecule has 0 saturated heterocycles. The fraction of sp³-hybridized carbons (Fsp3) is 0.160.